The summed E-state index contributed by atoms with van der Waals surface area (Å²) in [6, 6.07) is 14.7. The highest BCUT2D eigenvalue weighted by molar-refractivity contribution is 7.14. The highest BCUT2D eigenvalue weighted by Gasteiger charge is 2.10. The van der Waals surface area contributed by atoms with Crippen LogP contribution in [-0.4, -0.2) is 18.0 Å². The SMILES string of the molecule is COc1ccc(-c2csc(NC(=O)CCc3ccc(C#N)cc3)n2)cc1Cl. The Bertz CT molecular complexity index is 993. The van der Waals surface area contributed by atoms with E-state index in [1.807, 2.05) is 23.6 Å². The molecule has 0 spiro atoms. The van der Waals surface area contributed by atoms with E-state index in [1.54, 1.807) is 31.4 Å². The predicted octanol–water partition coefficient (Wildman–Crippen LogP) is 4.92. The smallest absolute Gasteiger partial charge is 0.226 e. The molecule has 0 aliphatic carbocycles. The summed E-state index contributed by atoms with van der Waals surface area (Å²) < 4.78 is 5.15. The summed E-state index contributed by atoms with van der Waals surface area (Å²) in [4.78, 5) is 16.6. The number of halogens is 1. The molecule has 0 aliphatic heterocycles. The van der Waals surface area contributed by atoms with Crippen molar-refractivity contribution in [1.29, 1.82) is 5.26 Å². The number of carbonyl (C=O) groups is 1. The minimum Gasteiger partial charge on any atom is -0.495 e. The Kier molecular flexibility index (Phi) is 6.07. The van der Waals surface area contributed by atoms with Gasteiger partial charge >= 0.3 is 0 Å². The third-order valence-corrected chi connectivity index (χ3v) is 4.97. The molecule has 136 valence electrons. The zero-order valence-electron chi connectivity index (χ0n) is 14.5. The monoisotopic (exact) mass is 397 g/mol. The van der Waals surface area contributed by atoms with Gasteiger partial charge in [-0.15, -0.1) is 11.3 Å². The van der Waals surface area contributed by atoms with E-state index in [2.05, 4.69) is 16.4 Å². The van der Waals surface area contributed by atoms with Gasteiger partial charge in [-0.25, -0.2) is 4.98 Å². The number of nitrogens with one attached hydrogen (secondary N) is 1. The second-order valence-corrected chi connectivity index (χ2v) is 7.01. The Morgan fingerprint density at radius 2 is 2.07 bits per heavy atom. The van der Waals surface area contributed by atoms with Crippen molar-refractivity contribution in [3.8, 4) is 23.1 Å². The maximum absolute atomic E-state index is 12.2. The number of nitriles is 1. The average molecular weight is 398 g/mol. The lowest BCUT2D eigenvalue weighted by molar-refractivity contribution is -0.116. The highest BCUT2D eigenvalue weighted by Crippen LogP contribution is 2.31. The van der Waals surface area contributed by atoms with Gasteiger partial charge in [0.2, 0.25) is 5.91 Å². The molecule has 5 nitrogen and oxygen atoms in total. The number of rotatable bonds is 6. The largest absolute Gasteiger partial charge is 0.495 e. The zero-order valence-corrected chi connectivity index (χ0v) is 16.1. The van der Waals surface area contributed by atoms with Crippen LogP contribution in [0.2, 0.25) is 5.02 Å². The molecular formula is C20H16ClN3O2S. The molecular weight excluding hydrogens is 382 g/mol. The van der Waals surface area contributed by atoms with E-state index in [1.165, 1.54) is 11.3 Å². The number of ether oxygens (including phenoxy) is 1. The number of hydrogen-bond donors (Lipinski definition) is 1. The molecule has 2 aromatic carbocycles. The average Bonchev–Trinajstić information content (AvgIpc) is 3.15. The van der Waals surface area contributed by atoms with Gasteiger partial charge in [-0.2, -0.15) is 5.26 Å². The van der Waals surface area contributed by atoms with Crippen molar-refractivity contribution < 1.29 is 9.53 Å². The van der Waals surface area contributed by atoms with E-state index in [0.717, 1.165) is 16.8 Å². The van der Waals surface area contributed by atoms with Crippen molar-refractivity contribution in [3.63, 3.8) is 0 Å². The normalized spacial score (nSPS) is 10.3. The molecule has 0 bridgehead atoms. The summed E-state index contributed by atoms with van der Waals surface area (Å²) >= 11 is 7.51. The van der Waals surface area contributed by atoms with Gasteiger partial charge in [0.05, 0.1) is 29.5 Å². The van der Waals surface area contributed by atoms with Crippen molar-refractivity contribution in [3.05, 3.63) is 64.0 Å². The molecule has 7 heteroatoms. The molecule has 0 unspecified atom stereocenters. The van der Waals surface area contributed by atoms with Crippen LogP contribution < -0.4 is 10.1 Å². The molecule has 0 aliphatic rings. The molecule has 0 saturated heterocycles. The lowest BCUT2D eigenvalue weighted by Crippen LogP contribution is -2.12. The van der Waals surface area contributed by atoms with Crippen LogP contribution in [0.3, 0.4) is 0 Å². The Morgan fingerprint density at radius 3 is 2.74 bits per heavy atom. The highest BCUT2D eigenvalue weighted by atomic mass is 35.5. The van der Waals surface area contributed by atoms with Gasteiger partial charge in [-0.3, -0.25) is 4.79 Å². The Labute approximate surface area is 166 Å². The molecule has 1 aromatic heterocycles. The third kappa shape index (κ3) is 4.85. The molecule has 1 amide bonds. The molecule has 0 fully saturated rings. The van der Waals surface area contributed by atoms with Crippen LogP contribution in [0.4, 0.5) is 5.13 Å². The van der Waals surface area contributed by atoms with Gasteiger partial charge in [0.15, 0.2) is 5.13 Å². The number of carbonyl (C=O) groups excluding carboxylic acids is 1. The molecule has 0 radical (unpaired) electrons. The number of thiazole rings is 1. The number of aromatic nitrogens is 1. The Balaban J connectivity index is 1.59. The third-order valence-electron chi connectivity index (χ3n) is 3.92. The first-order valence-electron chi connectivity index (χ1n) is 8.17. The predicted molar refractivity (Wildman–Crippen MR) is 107 cm³/mol. The first-order valence-corrected chi connectivity index (χ1v) is 9.43. The van der Waals surface area contributed by atoms with E-state index in [0.29, 0.717) is 34.3 Å². The van der Waals surface area contributed by atoms with Gasteiger partial charge in [0.25, 0.3) is 0 Å². The fourth-order valence-electron chi connectivity index (χ4n) is 2.48. The minimum atomic E-state index is -0.104. The van der Waals surface area contributed by atoms with E-state index in [9.17, 15) is 4.79 Å². The summed E-state index contributed by atoms with van der Waals surface area (Å²) in [5, 5.41) is 14.5. The molecule has 27 heavy (non-hydrogen) atoms. The van der Waals surface area contributed by atoms with Gasteiger partial charge in [-0.1, -0.05) is 23.7 Å². The number of benzene rings is 2. The number of amides is 1. The lowest BCUT2D eigenvalue weighted by Gasteiger charge is -2.04. The second-order valence-electron chi connectivity index (χ2n) is 5.74. The molecule has 0 atom stereocenters. The number of aryl methyl sites for hydroxylation is 1. The van der Waals surface area contributed by atoms with Crippen LogP contribution in [0.25, 0.3) is 11.3 Å². The van der Waals surface area contributed by atoms with Gasteiger partial charge in [-0.05, 0) is 42.3 Å². The quantitative estimate of drug-likeness (QED) is 0.640. The Morgan fingerprint density at radius 1 is 1.30 bits per heavy atom. The van der Waals surface area contributed by atoms with Crippen molar-refractivity contribution in [1.82, 2.24) is 4.98 Å². The van der Waals surface area contributed by atoms with Gasteiger partial charge < -0.3 is 10.1 Å². The van der Waals surface area contributed by atoms with Crippen molar-refractivity contribution in [2.75, 3.05) is 12.4 Å². The molecule has 3 aromatic rings. The maximum Gasteiger partial charge on any atom is 0.226 e. The topological polar surface area (TPSA) is 75.0 Å². The lowest BCUT2D eigenvalue weighted by atomic mass is 10.1. The summed E-state index contributed by atoms with van der Waals surface area (Å²) in [7, 11) is 1.56. The van der Waals surface area contributed by atoms with Crippen molar-refractivity contribution >= 4 is 34.0 Å². The van der Waals surface area contributed by atoms with Crippen LogP contribution in [-0.2, 0) is 11.2 Å². The van der Waals surface area contributed by atoms with Crippen LogP contribution >= 0.6 is 22.9 Å². The summed E-state index contributed by atoms with van der Waals surface area (Å²) in [5.74, 6) is 0.500. The Hall–Kier alpha value is -2.88. The fourth-order valence-corrected chi connectivity index (χ4v) is 3.47. The zero-order chi connectivity index (χ0) is 19.2. The number of methoxy groups -OCH3 is 1. The first-order chi connectivity index (χ1) is 13.1. The fraction of sp³-hybridized carbons (Fsp3) is 0.150. The molecule has 0 saturated carbocycles. The van der Waals surface area contributed by atoms with E-state index >= 15 is 0 Å². The van der Waals surface area contributed by atoms with Crippen LogP contribution in [0, 0.1) is 11.3 Å². The van der Waals surface area contributed by atoms with Crippen LogP contribution in [0.5, 0.6) is 5.75 Å². The number of hydrogen-bond acceptors (Lipinski definition) is 5. The van der Waals surface area contributed by atoms with Crippen molar-refractivity contribution in [2.45, 2.75) is 12.8 Å². The summed E-state index contributed by atoms with van der Waals surface area (Å²) in [6.07, 6.45) is 0.943. The molecule has 1 N–H and O–H groups in total. The second kappa shape index (κ2) is 8.67. The van der Waals surface area contributed by atoms with Crippen LogP contribution in [0.1, 0.15) is 17.5 Å². The van der Waals surface area contributed by atoms with E-state index in [-0.39, 0.29) is 5.91 Å². The molecule has 3 rings (SSSR count). The first kappa shape index (κ1) is 18.9. The number of anilines is 1. The minimum absolute atomic E-state index is 0.104. The standard InChI is InChI=1S/C20H16ClN3O2S/c1-26-18-8-7-15(10-16(18)21)17-12-27-20(23-17)24-19(25)9-6-13-2-4-14(11-22)5-3-13/h2-5,7-8,10,12H,6,9H2,1H3,(H,23,24,25). The molecule has 1 heterocycles. The van der Waals surface area contributed by atoms with Gasteiger partial charge in [0, 0.05) is 17.4 Å². The van der Waals surface area contributed by atoms with Crippen molar-refractivity contribution in [2.24, 2.45) is 0 Å². The van der Waals surface area contributed by atoms with Crippen LogP contribution in [0.15, 0.2) is 47.8 Å². The summed E-state index contributed by atoms with van der Waals surface area (Å²) in [5.41, 5.74) is 3.22. The van der Waals surface area contributed by atoms with E-state index in [4.69, 9.17) is 21.6 Å². The van der Waals surface area contributed by atoms with E-state index < -0.39 is 0 Å². The number of nitrogens with zero attached hydrogens (tertiary/aromatic N) is 2. The maximum atomic E-state index is 12.2. The van der Waals surface area contributed by atoms with Gasteiger partial charge in [0.1, 0.15) is 5.75 Å². The summed E-state index contributed by atoms with van der Waals surface area (Å²) in [6.45, 7) is 0.